The Kier molecular flexibility index (Phi) is 6.80. The Hall–Kier alpha value is -2.96. The van der Waals surface area contributed by atoms with Crippen molar-refractivity contribution >= 4 is 45.6 Å². The number of benzene rings is 3. The van der Waals surface area contributed by atoms with Gasteiger partial charge in [-0.2, -0.15) is 5.10 Å². The van der Waals surface area contributed by atoms with Gasteiger partial charge in [0.2, 0.25) is 0 Å². The number of hydrazone groups is 1. The van der Waals surface area contributed by atoms with Gasteiger partial charge in [-0.15, -0.1) is 0 Å². The molecule has 0 unspecified atom stereocenters. The van der Waals surface area contributed by atoms with E-state index >= 15 is 0 Å². The number of carbonyl (C=O) groups excluding carboxylic acids is 2. The summed E-state index contributed by atoms with van der Waals surface area (Å²) in [7, 11) is 0. The van der Waals surface area contributed by atoms with Gasteiger partial charge in [0.05, 0.1) is 11.8 Å². The molecular weight excluding hydrogens is 456 g/mol. The molecule has 1 N–H and O–H groups in total. The molecule has 0 bridgehead atoms. The highest BCUT2D eigenvalue weighted by atomic mass is 79.9. The fraction of sp³-hybridized carbons (Fsp3) is 0.0455. The third-order valence-corrected chi connectivity index (χ3v) is 4.68. The maximum Gasteiger partial charge on any atom is 0.343 e. The van der Waals surface area contributed by atoms with Gasteiger partial charge >= 0.3 is 5.97 Å². The van der Waals surface area contributed by atoms with E-state index in [0.29, 0.717) is 27.5 Å². The van der Waals surface area contributed by atoms with Crippen molar-refractivity contribution in [3.63, 3.8) is 0 Å². The first-order valence-electron chi connectivity index (χ1n) is 8.60. The molecule has 0 aliphatic rings. The van der Waals surface area contributed by atoms with Crippen LogP contribution in [0.2, 0.25) is 5.02 Å². The number of nitrogens with one attached hydrogen (secondary N) is 1. The number of ether oxygens (including phenoxy) is 1. The van der Waals surface area contributed by atoms with E-state index < -0.39 is 5.97 Å². The first kappa shape index (κ1) is 20.8. The topological polar surface area (TPSA) is 67.8 Å². The third kappa shape index (κ3) is 5.76. The number of hydrogen-bond acceptors (Lipinski definition) is 4. The maximum atomic E-state index is 12.4. The van der Waals surface area contributed by atoms with E-state index in [9.17, 15) is 9.59 Å². The third-order valence-electron chi connectivity index (χ3n) is 3.94. The van der Waals surface area contributed by atoms with Crippen LogP contribution in [0.15, 0.2) is 76.3 Å². The van der Waals surface area contributed by atoms with E-state index in [1.165, 1.54) is 6.21 Å². The summed E-state index contributed by atoms with van der Waals surface area (Å²) in [4.78, 5) is 24.5. The molecule has 0 spiro atoms. The van der Waals surface area contributed by atoms with Crippen LogP contribution in [-0.2, 0) is 0 Å². The van der Waals surface area contributed by atoms with Crippen molar-refractivity contribution < 1.29 is 14.3 Å². The minimum atomic E-state index is -0.526. The summed E-state index contributed by atoms with van der Waals surface area (Å²) in [6.45, 7) is 1.94. The number of nitrogens with zero attached hydrogens (tertiary/aromatic N) is 1. The van der Waals surface area contributed by atoms with Gasteiger partial charge in [-0.3, -0.25) is 4.79 Å². The lowest BCUT2D eigenvalue weighted by atomic mass is 10.1. The second kappa shape index (κ2) is 9.49. The lowest BCUT2D eigenvalue weighted by Gasteiger charge is -2.08. The molecule has 3 rings (SSSR count). The summed E-state index contributed by atoms with van der Waals surface area (Å²) < 4.78 is 6.25. The van der Waals surface area contributed by atoms with Gasteiger partial charge in [-0.05, 0) is 61.5 Å². The fourth-order valence-electron chi connectivity index (χ4n) is 2.39. The van der Waals surface area contributed by atoms with Crippen molar-refractivity contribution in [3.05, 3.63) is 98.5 Å². The van der Waals surface area contributed by atoms with E-state index in [1.807, 2.05) is 19.1 Å². The predicted octanol–water partition coefficient (Wildman–Crippen LogP) is 5.39. The largest absolute Gasteiger partial charge is 0.422 e. The second-order valence-corrected chi connectivity index (χ2v) is 7.50. The van der Waals surface area contributed by atoms with Gasteiger partial charge in [-0.1, -0.05) is 45.2 Å². The Balaban J connectivity index is 1.73. The zero-order valence-corrected chi connectivity index (χ0v) is 17.7. The Bertz CT molecular complexity index is 1060. The number of carbonyl (C=O) groups is 2. The van der Waals surface area contributed by atoms with Crippen LogP contribution in [0.4, 0.5) is 0 Å². The highest BCUT2D eigenvalue weighted by Gasteiger charge is 2.12. The molecule has 7 heteroatoms. The first-order chi connectivity index (χ1) is 13.9. The molecule has 0 aliphatic carbocycles. The maximum absolute atomic E-state index is 12.4. The molecule has 0 aliphatic heterocycles. The molecule has 146 valence electrons. The Morgan fingerprint density at radius 1 is 1.00 bits per heavy atom. The van der Waals surface area contributed by atoms with Crippen LogP contribution in [0.25, 0.3) is 0 Å². The lowest BCUT2D eigenvalue weighted by molar-refractivity contribution is 0.0734. The van der Waals surface area contributed by atoms with Crippen molar-refractivity contribution in [1.29, 1.82) is 0 Å². The van der Waals surface area contributed by atoms with Crippen LogP contribution in [-0.4, -0.2) is 18.1 Å². The van der Waals surface area contributed by atoms with Crippen LogP contribution >= 0.6 is 27.5 Å². The first-order valence-corrected chi connectivity index (χ1v) is 9.77. The number of halogens is 2. The van der Waals surface area contributed by atoms with E-state index in [4.69, 9.17) is 16.3 Å². The Labute approximate surface area is 181 Å². The summed E-state index contributed by atoms with van der Waals surface area (Å²) in [6.07, 6.45) is 1.42. The smallest absolute Gasteiger partial charge is 0.343 e. The molecule has 0 aromatic heterocycles. The quantitative estimate of drug-likeness (QED) is 0.235. The van der Waals surface area contributed by atoms with Crippen LogP contribution in [0.5, 0.6) is 5.75 Å². The van der Waals surface area contributed by atoms with Gasteiger partial charge in [0, 0.05) is 20.6 Å². The molecule has 3 aromatic carbocycles. The van der Waals surface area contributed by atoms with E-state index in [1.54, 1.807) is 54.6 Å². The molecule has 29 heavy (non-hydrogen) atoms. The van der Waals surface area contributed by atoms with Gasteiger partial charge in [-0.25, -0.2) is 10.2 Å². The summed E-state index contributed by atoms with van der Waals surface area (Å²) in [5.74, 6) is -0.556. The van der Waals surface area contributed by atoms with Gasteiger partial charge in [0.1, 0.15) is 5.75 Å². The molecule has 1 amide bonds. The zero-order valence-electron chi connectivity index (χ0n) is 15.4. The number of aryl methyl sites for hydroxylation is 1. The van der Waals surface area contributed by atoms with Crippen molar-refractivity contribution in [1.82, 2.24) is 5.43 Å². The van der Waals surface area contributed by atoms with Crippen molar-refractivity contribution in [2.75, 3.05) is 0 Å². The van der Waals surface area contributed by atoms with Gasteiger partial charge < -0.3 is 4.74 Å². The standard InChI is InChI=1S/C22H16BrClN2O3/c1-14-2-4-15(5-3-14)21(27)26-25-13-17-12-18(23)8-11-20(17)29-22(28)16-6-9-19(24)10-7-16/h2-13H,1H3,(H,26,27)/b25-13+. The number of amides is 1. The molecule has 0 atom stereocenters. The minimum Gasteiger partial charge on any atom is -0.422 e. The lowest BCUT2D eigenvalue weighted by Crippen LogP contribution is -2.17. The zero-order chi connectivity index (χ0) is 20.8. The SMILES string of the molecule is Cc1ccc(C(=O)N/N=C/c2cc(Br)ccc2OC(=O)c2ccc(Cl)cc2)cc1. The number of esters is 1. The fourth-order valence-corrected chi connectivity index (χ4v) is 2.89. The van der Waals surface area contributed by atoms with Crippen LogP contribution < -0.4 is 10.2 Å². The van der Waals surface area contributed by atoms with E-state index in [0.717, 1.165) is 10.0 Å². The van der Waals surface area contributed by atoms with Gasteiger partial charge in [0.25, 0.3) is 5.91 Å². The van der Waals surface area contributed by atoms with Crippen LogP contribution in [0.3, 0.4) is 0 Å². The molecule has 0 heterocycles. The summed E-state index contributed by atoms with van der Waals surface area (Å²) in [5.41, 5.74) is 4.91. The Morgan fingerprint density at radius 3 is 2.34 bits per heavy atom. The van der Waals surface area contributed by atoms with Crippen molar-refractivity contribution in [2.24, 2.45) is 5.10 Å². The average molecular weight is 472 g/mol. The van der Waals surface area contributed by atoms with Gasteiger partial charge in [0.15, 0.2) is 0 Å². The molecule has 0 saturated heterocycles. The van der Waals surface area contributed by atoms with E-state index in [-0.39, 0.29) is 5.91 Å². The number of hydrogen-bond donors (Lipinski definition) is 1. The van der Waals surface area contributed by atoms with Crippen molar-refractivity contribution in [2.45, 2.75) is 6.92 Å². The molecule has 0 saturated carbocycles. The van der Waals surface area contributed by atoms with E-state index in [2.05, 4.69) is 26.5 Å². The van der Waals surface area contributed by atoms with Crippen LogP contribution in [0, 0.1) is 6.92 Å². The van der Waals surface area contributed by atoms with Crippen LogP contribution in [0.1, 0.15) is 31.8 Å². The second-order valence-electron chi connectivity index (χ2n) is 6.14. The number of rotatable bonds is 5. The monoisotopic (exact) mass is 470 g/mol. The molecule has 0 radical (unpaired) electrons. The molecule has 3 aromatic rings. The molecule has 5 nitrogen and oxygen atoms in total. The average Bonchev–Trinajstić information content (AvgIpc) is 2.70. The minimum absolute atomic E-state index is 0.307. The van der Waals surface area contributed by atoms with Crippen molar-refractivity contribution in [3.8, 4) is 5.75 Å². The molecule has 0 fully saturated rings. The predicted molar refractivity (Wildman–Crippen MR) is 117 cm³/mol. The molecular formula is C22H16BrClN2O3. The summed E-state index contributed by atoms with van der Waals surface area (Å²) in [5, 5.41) is 4.51. The summed E-state index contributed by atoms with van der Waals surface area (Å²) in [6, 6.07) is 18.6. The normalized spacial score (nSPS) is 10.7. The highest BCUT2D eigenvalue weighted by molar-refractivity contribution is 9.10. The Morgan fingerprint density at radius 2 is 1.66 bits per heavy atom. The highest BCUT2D eigenvalue weighted by Crippen LogP contribution is 2.23. The summed E-state index contributed by atoms with van der Waals surface area (Å²) >= 11 is 9.22.